The normalized spacial score (nSPS) is 11.4. The predicted octanol–water partition coefficient (Wildman–Crippen LogP) is 6.44. The summed E-state index contributed by atoms with van der Waals surface area (Å²) in [6.07, 6.45) is 1.81. The van der Waals surface area contributed by atoms with Crippen LogP contribution in [0.25, 0.3) is 22.7 Å². The molecule has 0 saturated heterocycles. The molecule has 1 aromatic heterocycles. The molecule has 5 nitrogen and oxygen atoms in total. The molecule has 160 valence electrons. The molecule has 1 N–H and O–H groups in total. The molecule has 4 aromatic rings. The van der Waals surface area contributed by atoms with Gasteiger partial charge in [-0.1, -0.05) is 35.9 Å². The van der Waals surface area contributed by atoms with Crippen molar-refractivity contribution < 1.29 is 9.47 Å². The van der Waals surface area contributed by atoms with Crippen LogP contribution in [0.3, 0.4) is 0 Å². The number of methoxy groups -OCH3 is 1. The molecule has 1 heterocycles. The number of fused-ring (bicyclic) bond motifs is 1. The Morgan fingerprint density at radius 3 is 2.69 bits per heavy atom. The van der Waals surface area contributed by atoms with Crippen molar-refractivity contribution in [3.8, 4) is 17.6 Å². The van der Waals surface area contributed by atoms with Crippen molar-refractivity contribution in [2.75, 3.05) is 7.11 Å². The van der Waals surface area contributed by atoms with Crippen LogP contribution in [0.15, 0.2) is 54.6 Å². The molecular weight excluding hydrogens is 513 g/mol. The van der Waals surface area contributed by atoms with Crippen LogP contribution >= 0.6 is 22.6 Å². The largest absolute Gasteiger partial charge is 0.493 e. The Hall–Kier alpha value is -3.31. The molecule has 0 radical (unpaired) electrons. The Balaban J connectivity index is 1.64. The Morgan fingerprint density at radius 2 is 1.94 bits per heavy atom. The number of rotatable bonds is 6. The number of hydrogen-bond acceptors (Lipinski definition) is 4. The highest BCUT2D eigenvalue weighted by molar-refractivity contribution is 14.1. The summed E-state index contributed by atoms with van der Waals surface area (Å²) >= 11 is 2.23. The van der Waals surface area contributed by atoms with Gasteiger partial charge in [-0.3, -0.25) is 0 Å². The zero-order chi connectivity index (χ0) is 22.7. The first-order valence-corrected chi connectivity index (χ1v) is 11.2. The molecule has 0 aliphatic carbocycles. The fourth-order valence-corrected chi connectivity index (χ4v) is 4.27. The van der Waals surface area contributed by atoms with E-state index < -0.39 is 0 Å². The van der Waals surface area contributed by atoms with E-state index in [0.717, 1.165) is 31.3 Å². The minimum atomic E-state index is 0.449. The van der Waals surface area contributed by atoms with Crippen molar-refractivity contribution in [1.29, 1.82) is 5.26 Å². The van der Waals surface area contributed by atoms with E-state index in [1.807, 2.05) is 49.4 Å². The number of hydrogen-bond donors (Lipinski definition) is 1. The van der Waals surface area contributed by atoms with Crippen LogP contribution in [0.1, 0.15) is 28.1 Å². The van der Waals surface area contributed by atoms with Crippen molar-refractivity contribution in [3.63, 3.8) is 0 Å². The Morgan fingerprint density at radius 1 is 1.12 bits per heavy atom. The minimum Gasteiger partial charge on any atom is -0.493 e. The van der Waals surface area contributed by atoms with E-state index in [-0.39, 0.29) is 0 Å². The van der Waals surface area contributed by atoms with Gasteiger partial charge in [-0.15, -0.1) is 0 Å². The molecule has 0 bridgehead atoms. The first-order valence-electron chi connectivity index (χ1n) is 10.1. The fourth-order valence-electron chi connectivity index (χ4n) is 3.49. The highest BCUT2D eigenvalue weighted by Crippen LogP contribution is 2.35. The number of aromatic nitrogens is 2. The Kier molecular flexibility index (Phi) is 6.47. The van der Waals surface area contributed by atoms with E-state index in [9.17, 15) is 5.26 Å². The number of halogens is 1. The number of aromatic amines is 1. The summed E-state index contributed by atoms with van der Waals surface area (Å²) in [5.74, 6) is 1.85. The zero-order valence-corrected chi connectivity index (χ0v) is 20.2. The summed E-state index contributed by atoms with van der Waals surface area (Å²) in [5, 5.41) is 9.77. The van der Waals surface area contributed by atoms with E-state index in [4.69, 9.17) is 9.47 Å². The highest BCUT2D eigenvalue weighted by atomic mass is 127. The number of nitrogens with one attached hydrogen (secondary N) is 1. The van der Waals surface area contributed by atoms with Gasteiger partial charge in [-0.2, -0.15) is 5.26 Å². The number of benzene rings is 3. The maximum Gasteiger partial charge on any atom is 0.174 e. The molecule has 0 aliphatic heterocycles. The van der Waals surface area contributed by atoms with Crippen molar-refractivity contribution in [2.24, 2.45) is 0 Å². The van der Waals surface area contributed by atoms with Gasteiger partial charge in [0.2, 0.25) is 0 Å². The molecule has 32 heavy (non-hydrogen) atoms. The second kappa shape index (κ2) is 9.45. The first-order chi connectivity index (χ1) is 15.5. The van der Waals surface area contributed by atoms with Crippen molar-refractivity contribution >= 4 is 45.3 Å². The van der Waals surface area contributed by atoms with E-state index >= 15 is 0 Å². The van der Waals surface area contributed by atoms with Gasteiger partial charge < -0.3 is 14.5 Å². The lowest BCUT2D eigenvalue weighted by Crippen LogP contribution is -2.00. The lowest BCUT2D eigenvalue weighted by molar-refractivity contribution is 0.282. The summed E-state index contributed by atoms with van der Waals surface area (Å²) in [5.41, 5.74) is 6.45. The zero-order valence-electron chi connectivity index (χ0n) is 18.1. The number of H-pyrrole nitrogens is 1. The summed E-state index contributed by atoms with van der Waals surface area (Å²) in [6.45, 7) is 4.54. The monoisotopic (exact) mass is 535 g/mol. The van der Waals surface area contributed by atoms with Gasteiger partial charge >= 0.3 is 0 Å². The van der Waals surface area contributed by atoms with E-state index in [0.29, 0.717) is 29.5 Å². The van der Waals surface area contributed by atoms with Gasteiger partial charge in [0.1, 0.15) is 18.5 Å². The predicted molar refractivity (Wildman–Crippen MR) is 136 cm³/mol. The lowest BCUT2D eigenvalue weighted by atomic mass is 10.1. The SMILES string of the molecule is COc1cc(/C=C(/C#N)c2nc3ccc(C)cc3[nH]2)cc(I)c1OCc1cccc(C)c1. The molecule has 0 spiro atoms. The maximum absolute atomic E-state index is 9.77. The summed E-state index contributed by atoms with van der Waals surface area (Å²) in [4.78, 5) is 7.82. The summed E-state index contributed by atoms with van der Waals surface area (Å²) in [7, 11) is 1.62. The second-order valence-electron chi connectivity index (χ2n) is 7.59. The number of aryl methyl sites for hydroxylation is 2. The van der Waals surface area contributed by atoms with Crippen LogP contribution in [0.2, 0.25) is 0 Å². The van der Waals surface area contributed by atoms with Crippen LogP contribution in [0, 0.1) is 28.7 Å². The third-order valence-corrected chi connectivity index (χ3v) is 5.84. The third-order valence-electron chi connectivity index (χ3n) is 5.04. The molecular formula is C26H22IN3O2. The third kappa shape index (κ3) is 4.78. The van der Waals surface area contributed by atoms with Crippen LogP contribution in [0.4, 0.5) is 0 Å². The quantitative estimate of drug-likeness (QED) is 0.228. The number of nitrogens with zero attached hydrogens (tertiary/aromatic N) is 2. The Bertz CT molecular complexity index is 1370. The van der Waals surface area contributed by atoms with E-state index in [1.54, 1.807) is 13.2 Å². The number of nitriles is 1. The van der Waals surface area contributed by atoms with Crippen molar-refractivity contribution in [1.82, 2.24) is 9.97 Å². The molecule has 0 atom stereocenters. The molecule has 0 saturated carbocycles. The molecule has 6 heteroatoms. The Labute approximate surface area is 200 Å². The second-order valence-corrected chi connectivity index (χ2v) is 8.75. The van der Waals surface area contributed by atoms with Crippen LogP contribution in [0.5, 0.6) is 11.5 Å². The smallest absolute Gasteiger partial charge is 0.174 e. The summed E-state index contributed by atoms with van der Waals surface area (Å²) < 4.78 is 12.6. The van der Waals surface area contributed by atoms with Gasteiger partial charge in [0, 0.05) is 0 Å². The highest BCUT2D eigenvalue weighted by Gasteiger charge is 2.14. The van der Waals surface area contributed by atoms with Gasteiger partial charge in [0.25, 0.3) is 0 Å². The van der Waals surface area contributed by atoms with Gasteiger partial charge in [-0.05, 0) is 83.5 Å². The van der Waals surface area contributed by atoms with E-state index in [1.165, 1.54) is 5.56 Å². The molecule has 4 rings (SSSR count). The van der Waals surface area contributed by atoms with Crippen molar-refractivity contribution in [3.05, 3.63) is 86.2 Å². The van der Waals surface area contributed by atoms with Crippen LogP contribution in [-0.2, 0) is 6.61 Å². The average molecular weight is 535 g/mol. The number of ether oxygens (including phenoxy) is 2. The van der Waals surface area contributed by atoms with Gasteiger partial charge in [0.05, 0.1) is 27.3 Å². The fraction of sp³-hybridized carbons (Fsp3) is 0.154. The minimum absolute atomic E-state index is 0.449. The molecule has 3 aromatic carbocycles. The summed E-state index contributed by atoms with van der Waals surface area (Å²) in [6, 6.07) is 20.3. The van der Waals surface area contributed by atoms with Crippen LogP contribution in [-0.4, -0.2) is 17.1 Å². The van der Waals surface area contributed by atoms with Crippen molar-refractivity contribution in [2.45, 2.75) is 20.5 Å². The average Bonchev–Trinajstić information content (AvgIpc) is 3.19. The topological polar surface area (TPSA) is 70.9 Å². The maximum atomic E-state index is 9.77. The first kappa shape index (κ1) is 21.9. The molecule has 0 unspecified atom stereocenters. The molecule has 0 amide bonds. The number of allylic oxidation sites excluding steroid dienone is 1. The lowest BCUT2D eigenvalue weighted by Gasteiger charge is -2.14. The van der Waals surface area contributed by atoms with Crippen LogP contribution < -0.4 is 9.47 Å². The van der Waals surface area contributed by atoms with Gasteiger partial charge in [-0.25, -0.2) is 4.98 Å². The molecule has 0 fully saturated rings. The van der Waals surface area contributed by atoms with Gasteiger partial charge in [0.15, 0.2) is 11.5 Å². The number of imidazole rings is 1. The van der Waals surface area contributed by atoms with E-state index in [2.05, 4.69) is 57.7 Å². The standard InChI is InChI=1S/C26H22IN3O2/c1-16-5-4-6-18(9-16)15-32-25-21(27)12-19(13-24(25)31-3)11-20(14-28)26-29-22-8-7-17(2)10-23(22)30-26/h4-13H,15H2,1-3H3,(H,29,30)/b20-11-. The molecule has 0 aliphatic rings.